The highest BCUT2D eigenvalue weighted by Crippen LogP contribution is 2.32. The molecule has 0 bridgehead atoms. The molecule has 0 amide bonds. The molecule has 1 aliphatic rings. The van der Waals surface area contributed by atoms with E-state index in [1.807, 2.05) is 0 Å². The molecular weight excluding hydrogens is 472 g/mol. The van der Waals surface area contributed by atoms with Crippen LogP contribution in [0.5, 0.6) is 5.75 Å². The van der Waals surface area contributed by atoms with E-state index in [0.29, 0.717) is 0 Å². The first-order valence-corrected chi connectivity index (χ1v) is 10.4. The SMILES string of the molecule is CC(=O)OC[C@H]1O[C@@H](Oc2ccc(CO)cc2C(=O)O)[C@H](OC(C)=O)[C@@H](OC(C)=O)[C@H]1OC(C)=O. The van der Waals surface area contributed by atoms with Crippen molar-refractivity contribution in [3.8, 4) is 5.75 Å². The van der Waals surface area contributed by atoms with Crippen molar-refractivity contribution in [3.63, 3.8) is 0 Å². The Morgan fingerprint density at radius 2 is 1.43 bits per heavy atom. The van der Waals surface area contributed by atoms with Crippen LogP contribution in [0.3, 0.4) is 0 Å². The van der Waals surface area contributed by atoms with Crippen LogP contribution in [0.25, 0.3) is 0 Å². The highest BCUT2D eigenvalue weighted by atomic mass is 16.7. The van der Waals surface area contributed by atoms with Gasteiger partial charge in [-0.2, -0.15) is 0 Å². The van der Waals surface area contributed by atoms with Crippen LogP contribution >= 0.6 is 0 Å². The van der Waals surface area contributed by atoms with Crippen LogP contribution in [0, 0.1) is 0 Å². The Morgan fingerprint density at radius 3 is 1.94 bits per heavy atom. The van der Waals surface area contributed by atoms with Crippen molar-refractivity contribution < 1.29 is 62.6 Å². The fourth-order valence-electron chi connectivity index (χ4n) is 3.35. The highest BCUT2D eigenvalue weighted by molar-refractivity contribution is 5.91. The van der Waals surface area contributed by atoms with E-state index >= 15 is 0 Å². The summed E-state index contributed by atoms with van der Waals surface area (Å²) < 4.78 is 32.3. The summed E-state index contributed by atoms with van der Waals surface area (Å²) in [6.45, 7) is 3.45. The Hall–Kier alpha value is -3.71. The van der Waals surface area contributed by atoms with Gasteiger partial charge in [-0.1, -0.05) is 6.07 Å². The Morgan fingerprint density at radius 1 is 0.857 bits per heavy atom. The average Bonchev–Trinajstić information content (AvgIpc) is 2.75. The molecule has 1 aromatic carbocycles. The Kier molecular flexibility index (Phi) is 9.54. The maximum Gasteiger partial charge on any atom is 0.339 e. The molecule has 2 N–H and O–H groups in total. The lowest BCUT2D eigenvalue weighted by Gasteiger charge is -2.44. The van der Waals surface area contributed by atoms with Crippen molar-refractivity contribution in [2.45, 2.75) is 65.0 Å². The Balaban J connectivity index is 2.55. The van der Waals surface area contributed by atoms with Gasteiger partial charge < -0.3 is 38.6 Å². The van der Waals surface area contributed by atoms with Gasteiger partial charge in [0.25, 0.3) is 0 Å². The minimum Gasteiger partial charge on any atom is -0.478 e. The van der Waals surface area contributed by atoms with E-state index < -0.39 is 73.8 Å². The van der Waals surface area contributed by atoms with Crippen molar-refractivity contribution in [1.29, 1.82) is 0 Å². The third-order valence-corrected chi connectivity index (χ3v) is 4.65. The smallest absolute Gasteiger partial charge is 0.339 e. The van der Waals surface area contributed by atoms with Crippen molar-refractivity contribution in [2.24, 2.45) is 0 Å². The normalized spacial score (nSPS) is 23.5. The largest absolute Gasteiger partial charge is 0.478 e. The molecule has 0 aliphatic carbocycles. The number of rotatable bonds is 9. The molecule has 1 aromatic rings. The number of carbonyl (C=O) groups is 5. The number of ether oxygens (including phenoxy) is 6. The highest BCUT2D eigenvalue weighted by Gasteiger charge is 2.53. The summed E-state index contributed by atoms with van der Waals surface area (Å²) in [6, 6.07) is 3.82. The number of esters is 4. The summed E-state index contributed by atoms with van der Waals surface area (Å²) in [6.07, 6.45) is -7.21. The maximum atomic E-state index is 11.9. The van der Waals surface area contributed by atoms with Gasteiger partial charge in [0.2, 0.25) is 12.4 Å². The molecule has 1 saturated heterocycles. The zero-order valence-electron chi connectivity index (χ0n) is 19.4. The zero-order chi connectivity index (χ0) is 26.3. The molecule has 1 aliphatic heterocycles. The summed E-state index contributed by atoms with van der Waals surface area (Å²) in [7, 11) is 0. The first kappa shape index (κ1) is 27.5. The van der Waals surface area contributed by atoms with Crippen LogP contribution in [0.2, 0.25) is 0 Å². The van der Waals surface area contributed by atoms with Gasteiger partial charge in [0.05, 0.1) is 6.61 Å². The average molecular weight is 498 g/mol. The van der Waals surface area contributed by atoms with Crippen LogP contribution in [-0.2, 0) is 49.5 Å². The summed E-state index contributed by atoms with van der Waals surface area (Å²) in [5, 5.41) is 18.9. The van der Waals surface area contributed by atoms with E-state index in [1.54, 1.807) is 0 Å². The number of aliphatic hydroxyl groups is 1. The lowest BCUT2D eigenvalue weighted by molar-refractivity contribution is -0.288. The minimum atomic E-state index is -1.59. The van der Waals surface area contributed by atoms with Gasteiger partial charge in [-0.3, -0.25) is 19.2 Å². The maximum absolute atomic E-state index is 11.9. The molecule has 0 saturated carbocycles. The molecule has 0 aromatic heterocycles. The topological polar surface area (TPSA) is 181 Å². The molecule has 0 spiro atoms. The van der Waals surface area contributed by atoms with Crippen molar-refractivity contribution >= 4 is 29.8 Å². The van der Waals surface area contributed by atoms with Gasteiger partial charge in [-0.15, -0.1) is 0 Å². The van der Waals surface area contributed by atoms with E-state index in [1.165, 1.54) is 18.2 Å². The van der Waals surface area contributed by atoms with Gasteiger partial charge in [-0.05, 0) is 17.7 Å². The molecule has 0 unspecified atom stereocenters. The molecule has 5 atom stereocenters. The monoisotopic (exact) mass is 498 g/mol. The molecule has 0 radical (unpaired) electrons. The predicted octanol–water partition coefficient (Wildman–Crippen LogP) is 0.339. The summed E-state index contributed by atoms with van der Waals surface area (Å²) in [4.78, 5) is 58.6. The van der Waals surface area contributed by atoms with Crippen molar-refractivity contribution in [3.05, 3.63) is 29.3 Å². The predicted molar refractivity (Wildman–Crippen MR) is 112 cm³/mol. The van der Waals surface area contributed by atoms with Gasteiger partial charge in [-0.25, -0.2) is 4.79 Å². The number of carboxylic acid groups (broad SMARTS) is 1. The summed E-state index contributed by atoms with van der Waals surface area (Å²) in [5.41, 5.74) is -0.0549. The van der Waals surface area contributed by atoms with Gasteiger partial charge >= 0.3 is 29.8 Å². The molecule has 192 valence electrons. The molecular formula is C22H26O13. The van der Waals surface area contributed by atoms with Crippen LogP contribution in [0.1, 0.15) is 43.6 Å². The second-order valence-corrected chi connectivity index (χ2v) is 7.48. The molecule has 13 nitrogen and oxygen atoms in total. The van der Waals surface area contributed by atoms with Gasteiger partial charge in [0.15, 0.2) is 12.2 Å². The number of benzene rings is 1. The third-order valence-electron chi connectivity index (χ3n) is 4.65. The fourth-order valence-corrected chi connectivity index (χ4v) is 3.35. The fraction of sp³-hybridized carbons (Fsp3) is 0.500. The molecule has 13 heteroatoms. The number of aliphatic hydroxyl groups excluding tert-OH is 1. The summed E-state index contributed by atoms with van der Waals surface area (Å²) in [5.74, 6) is -4.76. The lowest BCUT2D eigenvalue weighted by Crippen LogP contribution is -2.63. The van der Waals surface area contributed by atoms with E-state index in [4.69, 9.17) is 28.4 Å². The number of carbonyl (C=O) groups excluding carboxylic acids is 4. The van der Waals surface area contributed by atoms with Crippen LogP contribution in [0.15, 0.2) is 18.2 Å². The van der Waals surface area contributed by atoms with Crippen LogP contribution in [0.4, 0.5) is 0 Å². The van der Waals surface area contributed by atoms with Crippen molar-refractivity contribution in [1.82, 2.24) is 0 Å². The van der Waals surface area contributed by atoms with Crippen molar-refractivity contribution in [2.75, 3.05) is 6.61 Å². The van der Waals surface area contributed by atoms with E-state index in [2.05, 4.69) is 0 Å². The molecule has 2 rings (SSSR count). The number of hydrogen-bond donors (Lipinski definition) is 2. The Bertz CT molecular complexity index is 972. The lowest BCUT2D eigenvalue weighted by atomic mass is 9.98. The molecule has 1 fully saturated rings. The first-order chi connectivity index (χ1) is 16.4. The molecule has 1 heterocycles. The minimum absolute atomic E-state index is 0.226. The third kappa shape index (κ3) is 7.65. The number of aromatic carboxylic acids is 1. The van der Waals surface area contributed by atoms with Crippen LogP contribution in [-0.4, -0.2) is 77.4 Å². The van der Waals surface area contributed by atoms with E-state index in [-0.39, 0.29) is 16.9 Å². The van der Waals surface area contributed by atoms with Gasteiger partial charge in [0, 0.05) is 27.7 Å². The first-order valence-electron chi connectivity index (χ1n) is 10.4. The van der Waals surface area contributed by atoms with E-state index in [0.717, 1.165) is 27.7 Å². The van der Waals surface area contributed by atoms with Gasteiger partial charge in [0.1, 0.15) is 24.0 Å². The standard InChI is InChI=1S/C22H26O13/c1-10(24)30-9-17-18(31-11(2)25)19(32-12(3)26)20(33-13(4)27)22(35-17)34-16-6-5-14(8-23)7-15(16)21(28)29/h5-7,17-20,22-23H,8-9H2,1-4H3,(H,28,29)/t17-,18+,19+,20-,22-/m1/s1. The van der Waals surface area contributed by atoms with E-state index in [9.17, 15) is 34.2 Å². The zero-order valence-corrected chi connectivity index (χ0v) is 19.4. The number of carboxylic acids is 1. The second-order valence-electron chi connectivity index (χ2n) is 7.48. The number of hydrogen-bond acceptors (Lipinski definition) is 12. The Labute approximate surface area is 199 Å². The second kappa shape index (κ2) is 12.1. The van der Waals surface area contributed by atoms with Crippen LogP contribution < -0.4 is 4.74 Å². The summed E-state index contributed by atoms with van der Waals surface area (Å²) >= 11 is 0. The molecule has 35 heavy (non-hydrogen) atoms. The quantitative estimate of drug-likeness (QED) is 0.351.